The Bertz CT molecular complexity index is 1380. The van der Waals surface area contributed by atoms with Crippen LogP contribution in [0.1, 0.15) is 27.5 Å². The molecule has 0 saturated carbocycles. The van der Waals surface area contributed by atoms with Crippen LogP contribution < -0.4 is 18.9 Å². The van der Waals surface area contributed by atoms with Crippen LogP contribution in [0.2, 0.25) is 0 Å². The molecule has 0 aliphatic carbocycles. The molecule has 0 unspecified atom stereocenters. The predicted octanol–water partition coefficient (Wildman–Crippen LogP) is 5.68. The van der Waals surface area contributed by atoms with Gasteiger partial charge in [0.05, 0.1) is 27.4 Å². The molecule has 0 bridgehead atoms. The summed E-state index contributed by atoms with van der Waals surface area (Å²) in [7, 11) is 4.88. The van der Waals surface area contributed by atoms with E-state index in [-0.39, 0.29) is 11.9 Å². The third kappa shape index (κ3) is 4.42. The lowest BCUT2D eigenvalue weighted by atomic mass is 9.91. The van der Waals surface area contributed by atoms with Crippen molar-refractivity contribution in [1.29, 1.82) is 0 Å². The van der Waals surface area contributed by atoms with E-state index < -0.39 is 0 Å². The van der Waals surface area contributed by atoms with Crippen molar-refractivity contribution >= 4 is 16.7 Å². The van der Waals surface area contributed by atoms with Crippen LogP contribution in [0.3, 0.4) is 0 Å². The van der Waals surface area contributed by atoms with Crippen LogP contribution in [0.5, 0.6) is 23.0 Å². The van der Waals surface area contributed by atoms with Crippen molar-refractivity contribution in [2.45, 2.75) is 12.5 Å². The first kappa shape index (κ1) is 23.5. The summed E-state index contributed by atoms with van der Waals surface area (Å²) in [5, 5.41) is 1.98. The summed E-state index contributed by atoms with van der Waals surface area (Å²) in [5.41, 5.74) is 2.81. The van der Waals surface area contributed by atoms with Crippen molar-refractivity contribution in [1.82, 2.24) is 4.90 Å². The summed E-state index contributed by atoms with van der Waals surface area (Å²) in [6.07, 6.45) is 0.714. The largest absolute Gasteiger partial charge is 0.497 e. The van der Waals surface area contributed by atoms with Gasteiger partial charge in [-0.2, -0.15) is 0 Å². The number of carbonyl (C=O) groups excluding carboxylic acids is 1. The smallest absolute Gasteiger partial charge is 0.255 e. The van der Waals surface area contributed by atoms with E-state index in [9.17, 15) is 4.79 Å². The average molecular weight is 484 g/mol. The first-order valence-corrected chi connectivity index (χ1v) is 11.9. The molecule has 4 aromatic rings. The number of methoxy groups -OCH3 is 3. The zero-order valence-electron chi connectivity index (χ0n) is 20.7. The molecule has 0 N–H and O–H groups in total. The Hall–Kier alpha value is -4.19. The average Bonchev–Trinajstić information content (AvgIpc) is 2.94. The SMILES string of the molecule is COc1ccc(OC[C@@H]2c3cc(OC)c(OC)cc3CCN2C(=O)c2cccc3ccccc23)cc1. The fraction of sp³-hybridized carbons (Fsp3) is 0.233. The highest BCUT2D eigenvalue weighted by Crippen LogP contribution is 2.39. The molecule has 184 valence electrons. The fourth-order valence-electron chi connectivity index (χ4n) is 4.86. The molecule has 4 aromatic carbocycles. The number of fused-ring (bicyclic) bond motifs is 2. The molecule has 5 rings (SSSR count). The first-order chi connectivity index (χ1) is 17.6. The van der Waals surface area contributed by atoms with Crippen molar-refractivity contribution in [3.8, 4) is 23.0 Å². The number of rotatable bonds is 7. The lowest BCUT2D eigenvalue weighted by molar-refractivity contribution is 0.0591. The summed E-state index contributed by atoms with van der Waals surface area (Å²) >= 11 is 0. The van der Waals surface area contributed by atoms with Crippen LogP contribution in [0.4, 0.5) is 0 Å². The van der Waals surface area contributed by atoms with Gasteiger partial charge in [0, 0.05) is 12.1 Å². The van der Waals surface area contributed by atoms with E-state index in [1.54, 1.807) is 21.3 Å². The van der Waals surface area contributed by atoms with Gasteiger partial charge in [0.15, 0.2) is 11.5 Å². The Morgan fingerprint density at radius 2 is 1.53 bits per heavy atom. The summed E-state index contributed by atoms with van der Waals surface area (Å²) in [4.78, 5) is 15.9. The van der Waals surface area contributed by atoms with Crippen LogP contribution in [0.15, 0.2) is 78.9 Å². The number of ether oxygens (including phenoxy) is 4. The Morgan fingerprint density at radius 1 is 0.833 bits per heavy atom. The number of benzene rings is 4. The summed E-state index contributed by atoms with van der Waals surface area (Å²) in [6, 6.07) is 25.0. The second-order valence-electron chi connectivity index (χ2n) is 8.68. The molecule has 0 saturated heterocycles. The predicted molar refractivity (Wildman–Crippen MR) is 139 cm³/mol. The molecule has 1 amide bonds. The lowest BCUT2D eigenvalue weighted by Gasteiger charge is -2.38. The monoisotopic (exact) mass is 483 g/mol. The van der Waals surface area contributed by atoms with Gasteiger partial charge < -0.3 is 23.8 Å². The van der Waals surface area contributed by atoms with Crippen LogP contribution in [-0.4, -0.2) is 45.3 Å². The van der Waals surface area contributed by atoms with Crippen molar-refractivity contribution in [3.05, 3.63) is 95.6 Å². The van der Waals surface area contributed by atoms with Gasteiger partial charge >= 0.3 is 0 Å². The molecule has 1 heterocycles. The molecule has 0 aromatic heterocycles. The maximum atomic E-state index is 14.0. The molecule has 1 atom stereocenters. The second-order valence-corrected chi connectivity index (χ2v) is 8.68. The Kier molecular flexibility index (Phi) is 6.67. The van der Waals surface area contributed by atoms with Crippen LogP contribution in [0.25, 0.3) is 10.8 Å². The first-order valence-electron chi connectivity index (χ1n) is 11.9. The maximum absolute atomic E-state index is 14.0. The van der Waals surface area contributed by atoms with Crippen LogP contribution in [0, 0.1) is 0 Å². The van der Waals surface area contributed by atoms with E-state index in [1.807, 2.05) is 83.8 Å². The molecule has 36 heavy (non-hydrogen) atoms. The highest BCUT2D eigenvalue weighted by molar-refractivity contribution is 6.07. The zero-order valence-corrected chi connectivity index (χ0v) is 20.7. The highest BCUT2D eigenvalue weighted by atomic mass is 16.5. The van der Waals surface area contributed by atoms with Gasteiger partial charge in [0.25, 0.3) is 5.91 Å². The standard InChI is InChI=1S/C30H29NO5/c1-33-22-11-13-23(14-12-22)36-19-27-26-18-29(35-3)28(34-2)17-21(26)15-16-31(27)30(32)25-10-6-8-20-7-4-5-9-24(20)25/h4-14,17-18,27H,15-16,19H2,1-3H3/t27-/m1/s1. The number of carbonyl (C=O) groups is 1. The van der Waals surface area contributed by atoms with E-state index in [1.165, 1.54) is 0 Å². The third-order valence-electron chi connectivity index (χ3n) is 6.75. The molecule has 1 aliphatic heterocycles. The number of hydrogen-bond acceptors (Lipinski definition) is 5. The molecule has 6 heteroatoms. The molecular formula is C30H29NO5. The normalized spacial score (nSPS) is 14.8. The molecule has 0 radical (unpaired) electrons. The van der Waals surface area contributed by atoms with E-state index in [4.69, 9.17) is 18.9 Å². The van der Waals surface area contributed by atoms with Crippen molar-refractivity contribution in [2.24, 2.45) is 0 Å². The van der Waals surface area contributed by atoms with E-state index in [0.29, 0.717) is 42.4 Å². The maximum Gasteiger partial charge on any atom is 0.255 e. The Labute approximate surface area is 211 Å². The quantitative estimate of drug-likeness (QED) is 0.338. The molecule has 0 fully saturated rings. The van der Waals surface area contributed by atoms with Crippen molar-refractivity contribution in [2.75, 3.05) is 34.5 Å². The Morgan fingerprint density at radius 3 is 2.28 bits per heavy atom. The van der Waals surface area contributed by atoms with Gasteiger partial charge in [-0.3, -0.25) is 4.79 Å². The van der Waals surface area contributed by atoms with Crippen LogP contribution in [-0.2, 0) is 6.42 Å². The molecule has 0 spiro atoms. The highest BCUT2D eigenvalue weighted by Gasteiger charge is 2.34. The minimum absolute atomic E-state index is 0.0180. The summed E-state index contributed by atoms with van der Waals surface area (Å²) in [5.74, 6) is 2.76. The fourth-order valence-corrected chi connectivity index (χ4v) is 4.86. The van der Waals surface area contributed by atoms with E-state index in [0.717, 1.165) is 27.6 Å². The summed E-state index contributed by atoms with van der Waals surface area (Å²) in [6.45, 7) is 0.868. The van der Waals surface area contributed by atoms with Crippen molar-refractivity contribution in [3.63, 3.8) is 0 Å². The zero-order chi connectivity index (χ0) is 25.1. The lowest BCUT2D eigenvalue weighted by Crippen LogP contribution is -2.42. The van der Waals surface area contributed by atoms with Gasteiger partial charge in [-0.25, -0.2) is 0 Å². The second kappa shape index (κ2) is 10.2. The number of amides is 1. The van der Waals surface area contributed by atoms with Crippen LogP contribution >= 0.6 is 0 Å². The van der Waals surface area contributed by atoms with E-state index >= 15 is 0 Å². The van der Waals surface area contributed by atoms with E-state index in [2.05, 4.69) is 0 Å². The van der Waals surface area contributed by atoms with Gasteiger partial charge in [-0.1, -0.05) is 36.4 Å². The van der Waals surface area contributed by atoms with Gasteiger partial charge in [0.2, 0.25) is 0 Å². The van der Waals surface area contributed by atoms with Gasteiger partial charge in [0.1, 0.15) is 18.1 Å². The topological polar surface area (TPSA) is 57.2 Å². The minimum Gasteiger partial charge on any atom is -0.497 e. The number of hydrogen-bond donors (Lipinski definition) is 0. The van der Waals surface area contributed by atoms with Gasteiger partial charge in [-0.05, 0) is 70.8 Å². The minimum atomic E-state index is -0.304. The number of nitrogens with zero attached hydrogens (tertiary/aromatic N) is 1. The molecule has 6 nitrogen and oxygen atoms in total. The van der Waals surface area contributed by atoms with Gasteiger partial charge in [-0.15, -0.1) is 0 Å². The Balaban J connectivity index is 1.53. The molecule has 1 aliphatic rings. The molecular weight excluding hydrogens is 454 g/mol. The summed E-state index contributed by atoms with van der Waals surface area (Å²) < 4.78 is 22.6. The van der Waals surface area contributed by atoms with Crippen molar-refractivity contribution < 1.29 is 23.7 Å². The third-order valence-corrected chi connectivity index (χ3v) is 6.75.